The largest absolute Gasteiger partial charge is 0.378 e. The molecule has 2 N–H and O–H groups in total. The summed E-state index contributed by atoms with van der Waals surface area (Å²) in [6.07, 6.45) is 1.94. The maximum Gasteiger partial charge on any atom is 0.154 e. The molecule has 0 bridgehead atoms. The molecule has 0 spiro atoms. The smallest absolute Gasteiger partial charge is 0.154 e. The normalized spacial score (nSPS) is 10.9. The zero-order valence-corrected chi connectivity index (χ0v) is 12.4. The third-order valence-electron chi connectivity index (χ3n) is 3.23. The summed E-state index contributed by atoms with van der Waals surface area (Å²) in [5, 5.41) is 5.32. The second kappa shape index (κ2) is 5.35. The maximum absolute atomic E-state index is 6.12. The number of H-pyrrole nitrogens is 1. The average Bonchev–Trinajstić information content (AvgIpc) is 2.84. The molecule has 3 rings (SSSR count). The monoisotopic (exact) mass is 305 g/mol. The van der Waals surface area contributed by atoms with Gasteiger partial charge in [0.15, 0.2) is 5.15 Å². The Bertz CT molecular complexity index is 742. The maximum atomic E-state index is 6.12. The molecule has 0 fully saturated rings. The predicted molar refractivity (Wildman–Crippen MR) is 84.6 cm³/mol. The molecular weight excluding hydrogens is 293 g/mol. The molecule has 1 aromatic carbocycles. The summed E-state index contributed by atoms with van der Waals surface area (Å²) in [5.74, 6) is 0. The first kappa shape index (κ1) is 13.3. The summed E-state index contributed by atoms with van der Waals surface area (Å²) in [5.41, 5.74) is 4.13. The Balaban J connectivity index is 1.82. The van der Waals surface area contributed by atoms with Crippen LogP contribution in [0, 0.1) is 6.92 Å². The number of fused-ring (bicyclic) bond motifs is 1. The summed E-state index contributed by atoms with van der Waals surface area (Å²) < 4.78 is 0. The van der Waals surface area contributed by atoms with Crippen LogP contribution >= 0.6 is 23.2 Å². The molecule has 3 nitrogen and oxygen atoms in total. The van der Waals surface area contributed by atoms with E-state index >= 15 is 0 Å². The third-order valence-corrected chi connectivity index (χ3v) is 3.70. The van der Waals surface area contributed by atoms with E-state index in [4.69, 9.17) is 23.2 Å². The van der Waals surface area contributed by atoms with Crippen molar-refractivity contribution in [3.8, 4) is 0 Å². The summed E-state index contributed by atoms with van der Waals surface area (Å²) >= 11 is 12.0. The Kier molecular flexibility index (Phi) is 3.55. The average molecular weight is 306 g/mol. The van der Waals surface area contributed by atoms with E-state index in [1.165, 1.54) is 10.9 Å². The van der Waals surface area contributed by atoms with Crippen molar-refractivity contribution in [2.24, 2.45) is 0 Å². The van der Waals surface area contributed by atoms with Crippen molar-refractivity contribution in [1.82, 2.24) is 9.97 Å². The quantitative estimate of drug-likeness (QED) is 0.683. The number of anilines is 1. The van der Waals surface area contributed by atoms with Gasteiger partial charge in [-0.3, -0.25) is 0 Å². The van der Waals surface area contributed by atoms with Gasteiger partial charge in [-0.1, -0.05) is 29.3 Å². The van der Waals surface area contributed by atoms with Crippen LogP contribution in [0.4, 0.5) is 5.69 Å². The van der Waals surface area contributed by atoms with E-state index in [2.05, 4.69) is 39.6 Å². The highest BCUT2D eigenvalue weighted by atomic mass is 35.5. The molecule has 3 aromatic rings. The lowest BCUT2D eigenvalue weighted by molar-refractivity contribution is 1.13. The van der Waals surface area contributed by atoms with E-state index < -0.39 is 0 Å². The molecule has 0 atom stereocenters. The first-order chi connectivity index (χ1) is 9.63. The highest BCUT2D eigenvalue weighted by molar-refractivity contribution is 6.34. The van der Waals surface area contributed by atoms with Crippen molar-refractivity contribution >= 4 is 39.8 Å². The minimum atomic E-state index is 0.401. The molecule has 0 aliphatic rings. The SMILES string of the molecule is Cc1cc(Cl)nc(Cl)c1NCc1ccc2[nH]ccc2c1. The molecule has 5 heteroatoms. The minimum Gasteiger partial charge on any atom is -0.378 e. The van der Waals surface area contributed by atoms with Gasteiger partial charge >= 0.3 is 0 Å². The molecule has 2 aromatic heterocycles. The summed E-state index contributed by atoms with van der Waals surface area (Å²) in [7, 11) is 0. The van der Waals surface area contributed by atoms with Crippen LogP contribution in [0.5, 0.6) is 0 Å². The van der Waals surface area contributed by atoms with E-state index in [1.54, 1.807) is 6.07 Å². The van der Waals surface area contributed by atoms with Crippen LogP contribution in [0.1, 0.15) is 11.1 Å². The van der Waals surface area contributed by atoms with Crippen LogP contribution in [0.2, 0.25) is 10.3 Å². The molecule has 102 valence electrons. The number of aromatic amines is 1. The Morgan fingerprint density at radius 3 is 2.85 bits per heavy atom. The van der Waals surface area contributed by atoms with Crippen molar-refractivity contribution in [1.29, 1.82) is 0 Å². The molecule has 0 saturated heterocycles. The van der Waals surface area contributed by atoms with Gasteiger partial charge in [0.1, 0.15) is 5.15 Å². The molecule has 0 aliphatic heterocycles. The highest BCUT2D eigenvalue weighted by Gasteiger charge is 2.07. The number of nitrogens with one attached hydrogen (secondary N) is 2. The van der Waals surface area contributed by atoms with E-state index in [-0.39, 0.29) is 0 Å². The lowest BCUT2D eigenvalue weighted by Gasteiger charge is -2.11. The van der Waals surface area contributed by atoms with Crippen LogP contribution < -0.4 is 5.32 Å². The molecule has 0 aliphatic carbocycles. The van der Waals surface area contributed by atoms with Gasteiger partial charge in [-0.15, -0.1) is 0 Å². The Hall–Kier alpha value is -1.71. The zero-order valence-electron chi connectivity index (χ0n) is 10.9. The second-order valence-electron chi connectivity index (χ2n) is 4.68. The number of hydrogen-bond acceptors (Lipinski definition) is 2. The number of nitrogens with zero attached hydrogens (tertiary/aromatic N) is 1. The van der Waals surface area contributed by atoms with Gasteiger partial charge < -0.3 is 10.3 Å². The van der Waals surface area contributed by atoms with E-state index in [0.717, 1.165) is 16.8 Å². The fourth-order valence-electron chi connectivity index (χ4n) is 2.21. The van der Waals surface area contributed by atoms with E-state index in [0.29, 0.717) is 16.9 Å². The van der Waals surface area contributed by atoms with Crippen molar-refractivity contribution in [2.45, 2.75) is 13.5 Å². The number of rotatable bonds is 3. The topological polar surface area (TPSA) is 40.7 Å². The fraction of sp³-hybridized carbons (Fsp3) is 0.133. The van der Waals surface area contributed by atoms with Crippen LogP contribution in [-0.2, 0) is 6.54 Å². The molecule has 0 amide bonds. The van der Waals surface area contributed by atoms with E-state index in [9.17, 15) is 0 Å². The van der Waals surface area contributed by atoms with Crippen LogP contribution in [0.15, 0.2) is 36.5 Å². The fourth-order valence-corrected chi connectivity index (χ4v) is 2.81. The zero-order chi connectivity index (χ0) is 14.1. The molecule has 0 unspecified atom stereocenters. The number of benzene rings is 1. The molecule has 2 heterocycles. The molecule has 0 saturated carbocycles. The number of aromatic nitrogens is 2. The van der Waals surface area contributed by atoms with Gasteiger partial charge in [0, 0.05) is 18.3 Å². The minimum absolute atomic E-state index is 0.401. The Labute approximate surface area is 126 Å². The number of hydrogen-bond donors (Lipinski definition) is 2. The molecule has 0 radical (unpaired) electrons. The van der Waals surface area contributed by atoms with Gasteiger partial charge in [-0.25, -0.2) is 4.98 Å². The predicted octanol–water partition coefficient (Wildman–Crippen LogP) is 4.79. The first-order valence-electron chi connectivity index (χ1n) is 6.26. The highest BCUT2D eigenvalue weighted by Crippen LogP contribution is 2.27. The van der Waals surface area contributed by atoms with Gasteiger partial charge in [-0.05, 0) is 47.7 Å². The first-order valence-corrected chi connectivity index (χ1v) is 7.01. The van der Waals surface area contributed by atoms with Crippen LogP contribution in [-0.4, -0.2) is 9.97 Å². The molecule has 20 heavy (non-hydrogen) atoms. The summed E-state index contributed by atoms with van der Waals surface area (Å²) in [6, 6.07) is 10.1. The number of aryl methyl sites for hydroxylation is 1. The van der Waals surface area contributed by atoms with Gasteiger partial charge in [0.05, 0.1) is 5.69 Å². The van der Waals surface area contributed by atoms with Crippen molar-refractivity contribution in [3.05, 3.63) is 58.0 Å². The van der Waals surface area contributed by atoms with Crippen LogP contribution in [0.3, 0.4) is 0 Å². The summed E-state index contributed by atoms with van der Waals surface area (Å²) in [6.45, 7) is 2.64. The lowest BCUT2D eigenvalue weighted by atomic mass is 10.1. The Morgan fingerprint density at radius 2 is 2.05 bits per heavy atom. The van der Waals surface area contributed by atoms with E-state index in [1.807, 2.05) is 13.1 Å². The van der Waals surface area contributed by atoms with Crippen molar-refractivity contribution < 1.29 is 0 Å². The van der Waals surface area contributed by atoms with Gasteiger partial charge in [-0.2, -0.15) is 0 Å². The van der Waals surface area contributed by atoms with Crippen molar-refractivity contribution in [2.75, 3.05) is 5.32 Å². The Morgan fingerprint density at radius 1 is 1.20 bits per heavy atom. The number of halogens is 2. The molecular formula is C15H13Cl2N3. The third kappa shape index (κ3) is 2.60. The van der Waals surface area contributed by atoms with Crippen LogP contribution in [0.25, 0.3) is 10.9 Å². The van der Waals surface area contributed by atoms with Gasteiger partial charge in [0.2, 0.25) is 0 Å². The lowest BCUT2D eigenvalue weighted by Crippen LogP contribution is -2.02. The van der Waals surface area contributed by atoms with Crippen molar-refractivity contribution in [3.63, 3.8) is 0 Å². The second-order valence-corrected chi connectivity index (χ2v) is 5.43. The van der Waals surface area contributed by atoms with Gasteiger partial charge in [0.25, 0.3) is 0 Å². The number of pyridine rings is 1. The standard InChI is InChI=1S/C15H13Cl2N3/c1-9-6-13(16)20-15(17)14(9)19-8-10-2-3-12-11(7-10)4-5-18-12/h2-7,18-19H,8H2,1H3. The summed E-state index contributed by atoms with van der Waals surface area (Å²) in [4.78, 5) is 7.23.